The maximum absolute atomic E-state index is 5.97. The van der Waals surface area contributed by atoms with Crippen LogP contribution in [0.25, 0.3) is 0 Å². The number of halogens is 1. The summed E-state index contributed by atoms with van der Waals surface area (Å²) in [4.78, 5) is 4.44. The second-order valence-corrected chi connectivity index (χ2v) is 6.50. The van der Waals surface area contributed by atoms with Crippen LogP contribution in [0.4, 0.5) is 0 Å². The number of rotatable bonds is 2. The largest absolute Gasteiger partial charge is 0.514 e. The summed E-state index contributed by atoms with van der Waals surface area (Å²) in [7, 11) is -0.391. The van der Waals surface area contributed by atoms with Crippen LogP contribution in [-0.4, -0.2) is 23.3 Å². The first kappa shape index (κ1) is 14.0. The molecule has 0 unspecified atom stereocenters. The van der Waals surface area contributed by atoms with E-state index in [1.165, 1.54) is 5.56 Å². The van der Waals surface area contributed by atoms with E-state index >= 15 is 0 Å². The number of hydrogen-bond acceptors (Lipinski definition) is 3. The van der Waals surface area contributed by atoms with Gasteiger partial charge in [0.2, 0.25) is 0 Å². The van der Waals surface area contributed by atoms with Crippen molar-refractivity contribution in [2.45, 2.75) is 52.2 Å². The molecule has 1 saturated heterocycles. The van der Waals surface area contributed by atoms with Gasteiger partial charge < -0.3 is 9.31 Å². The molecule has 1 aliphatic rings. The lowest BCUT2D eigenvalue weighted by Gasteiger charge is -2.32. The lowest BCUT2D eigenvalue weighted by molar-refractivity contribution is 0.00578. The Morgan fingerprint density at radius 1 is 1.22 bits per heavy atom. The standard InChI is InChI=1S/C13H19BBrNO2/c1-6-9-8-16-11(7-10(9)15)14-17-12(2,3)13(4,5)18-14/h7-8H,6H2,1-5H3. The molecule has 2 rings (SSSR count). The van der Waals surface area contributed by atoms with Gasteiger partial charge in [0.15, 0.2) is 0 Å². The van der Waals surface area contributed by atoms with Gasteiger partial charge in [-0.2, -0.15) is 0 Å². The highest BCUT2D eigenvalue weighted by Crippen LogP contribution is 2.36. The Morgan fingerprint density at radius 3 is 2.22 bits per heavy atom. The minimum Gasteiger partial charge on any atom is -0.398 e. The van der Waals surface area contributed by atoms with Crippen LogP contribution in [0, 0.1) is 0 Å². The third-order valence-electron chi connectivity index (χ3n) is 3.83. The van der Waals surface area contributed by atoms with Gasteiger partial charge in [0.25, 0.3) is 0 Å². The van der Waals surface area contributed by atoms with E-state index in [4.69, 9.17) is 9.31 Å². The van der Waals surface area contributed by atoms with E-state index in [9.17, 15) is 0 Å². The van der Waals surface area contributed by atoms with Crippen molar-refractivity contribution in [2.24, 2.45) is 0 Å². The van der Waals surface area contributed by atoms with Crippen molar-refractivity contribution in [3.8, 4) is 0 Å². The molecule has 0 amide bonds. The first-order valence-corrected chi connectivity index (χ1v) is 7.06. The summed E-state index contributed by atoms with van der Waals surface area (Å²) in [6, 6.07) is 1.99. The topological polar surface area (TPSA) is 31.4 Å². The van der Waals surface area contributed by atoms with Crippen molar-refractivity contribution < 1.29 is 9.31 Å². The van der Waals surface area contributed by atoms with E-state index in [1.807, 2.05) is 40.0 Å². The maximum Gasteiger partial charge on any atom is 0.514 e. The average Bonchev–Trinajstić information content (AvgIpc) is 2.48. The van der Waals surface area contributed by atoms with Gasteiger partial charge in [0.1, 0.15) is 0 Å². The minimum atomic E-state index is -0.391. The monoisotopic (exact) mass is 311 g/mol. The zero-order valence-corrected chi connectivity index (χ0v) is 13.2. The zero-order chi connectivity index (χ0) is 13.6. The Morgan fingerprint density at radius 2 is 1.78 bits per heavy atom. The Balaban J connectivity index is 2.27. The number of aryl methyl sites for hydroxylation is 1. The first-order valence-electron chi connectivity index (χ1n) is 6.27. The lowest BCUT2D eigenvalue weighted by Crippen LogP contribution is -2.41. The Kier molecular flexibility index (Phi) is 3.60. The van der Waals surface area contributed by atoms with Crippen LogP contribution in [0.2, 0.25) is 0 Å². The third kappa shape index (κ3) is 2.36. The van der Waals surface area contributed by atoms with Crippen molar-refractivity contribution in [1.82, 2.24) is 4.98 Å². The molecule has 0 radical (unpaired) electrons. The molecular formula is C13H19BBrNO2. The van der Waals surface area contributed by atoms with Gasteiger partial charge in [-0.1, -0.05) is 22.9 Å². The van der Waals surface area contributed by atoms with Crippen molar-refractivity contribution in [1.29, 1.82) is 0 Å². The van der Waals surface area contributed by atoms with Crippen molar-refractivity contribution in [3.63, 3.8) is 0 Å². The molecule has 0 N–H and O–H groups in total. The molecule has 0 atom stereocenters. The summed E-state index contributed by atoms with van der Waals surface area (Å²) < 4.78 is 13.0. The molecule has 3 nitrogen and oxygen atoms in total. The van der Waals surface area contributed by atoms with Gasteiger partial charge in [-0.05, 0) is 45.7 Å². The number of aromatic nitrogens is 1. The van der Waals surface area contributed by atoms with Crippen LogP contribution in [0.3, 0.4) is 0 Å². The molecule has 1 fully saturated rings. The van der Waals surface area contributed by atoms with Crippen LogP contribution < -0.4 is 5.59 Å². The highest BCUT2D eigenvalue weighted by molar-refractivity contribution is 9.10. The predicted molar refractivity (Wildman–Crippen MR) is 77.0 cm³/mol. The summed E-state index contributed by atoms with van der Waals surface area (Å²) in [6.45, 7) is 10.3. The van der Waals surface area contributed by atoms with E-state index < -0.39 is 7.12 Å². The Labute approximate surface area is 118 Å². The van der Waals surface area contributed by atoms with E-state index in [2.05, 4.69) is 27.8 Å². The van der Waals surface area contributed by atoms with Crippen molar-refractivity contribution in [2.75, 3.05) is 0 Å². The summed E-state index contributed by atoms with van der Waals surface area (Å²) in [5, 5.41) is 0. The fourth-order valence-electron chi connectivity index (χ4n) is 1.83. The molecular weight excluding hydrogens is 293 g/mol. The predicted octanol–water partition coefficient (Wildman–Crippen LogP) is 2.71. The fourth-order valence-corrected chi connectivity index (χ4v) is 2.44. The molecule has 0 bridgehead atoms. The highest BCUT2D eigenvalue weighted by atomic mass is 79.9. The van der Waals surface area contributed by atoms with Crippen LogP contribution in [0.5, 0.6) is 0 Å². The molecule has 1 aromatic heterocycles. The van der Waals surface area contributed by atoms with Gasteiger partial charge >= 0.3 is 7.12 Å². The average molecular weight is 312 g/mol. The lowest BCUT2D eigenvalue weighted by atomic mass is 9.84. The second kappa shape index (κ2) is 4.62. The molecule has 0 aromatic carbocycles. The summed E-state index contributed by atoms with van der Waals surface area (Å²) in [6.07, 6.45) is 2.84. The quantitative estimate of drug-likeness (QED) is 0.787. The van der Waals surface area contributed by atoms with Crippen molar-refractivity contribution in [3.05, 3.63) is 22.3 Å². The van der Waals surface area contributed by atoms with E-state index in [1.54, 1.807) is 0 Å². The Bertz CT molecular complexity index is 446. The second-order valence-electron chi connectivity index (χ2n) is 5.64. The molecule has 0 aliphatic carbocycles. The highest BCUT2D eigenvalue weighted by Gasteiger charge is 2.52. The normalized spacial score (nSPS) is 21.3. The summed E-state index contributed by atoms with van der Waals surface area (Å²) in [5.74, 6) is 0. The molecule has 0 saturated carbocycles. The van der Waals surface area contributed by atoms with Gasteiger partial charge in [-0.15, -0.1) is 0 Å². The molecule has 1 aromatic rings. The molecule has 2 heterocycles. The van der Waals surface area contributed by atoms with Crippen LogP contribution in [0.15, 0.2) is 16.7 Å². The van der Waals surface area contributed by atoms with E-state index in [0.717, 1.165) is 16.5 Å². The van der Waals surface area contributed by atoms with Crippen LogP contribution in [0.1, 0.15) is 40.2 Å². The smallest absolute Gasteiger partial charge is 0.398 e. The van der Waals surface area contributed by atoms with Crippen molar-refractivity contribution >= 4 is 28.6 Å². The molecule has 1 aliphatic heterocycles. The number of nitrogens with zero attached hydrogens (tertiary/aromatic N) is 1. The number of hydrogen-bond donors (Lipinski definition) is 0. The van der Waals surface area contributed by atoms with Gasteiger partial charge in [0.05, 0.1) is 16.8 Å². The van der Waals surface area contributed by atoms with Gasteiger partial charge in [0, 0.05) is 10.7 Å². The van der Waals surface area contributed by atoms with Gasteiger partial charge in [-0.25, -0.2) is 0 Å². The Hall–Kier alpha value is -0.385. The maximum atomic E-state index is 5.97. The third-order valence-corrected chi connectivity index (χ3v) is 4.56. The minimum absolute atomic E-state index is 0.324. The SMILES string of the molecule is CCc1cnc(B2OC(C)(C)C(C)(C)O2)cc1Br. The summed E-state index contributed by atoms with van der Waals surface area (Å²) in [5.41, 5.74) is 1.36. The number of pyridine rings is 1. The van der Waals surface area contributed by atoms with Crippen LogP contribution >= 0.6 is 15.9 Å². The molecule has 0 spiro atoms. The van der Waals surface area contributed by atoms with E-state index in [-0.39, 0.29) is 11.2 Å². The van der Waals surface area contributed by atoms with E-state index in [0.29, 0.717) is 0 Å². The van der Waals surface area contributed by atoms with Gasteiger partial charge in [-0.3, -0.25) is 4.98 Å². The molecule has 98 valence electrons. The first-order chi connectivity index (χ1) is 8.27. The fraction of sp³-hybridized carbons (Fsp3) is 0.615. The molecule has 5 heteroatoms. The molecule has 18 heavy (non-hydrogen) atoms. The van der Waals surface area contributed by atoms with Crippen LogP contribution in [-0.2, 0) is 15.7 Å². The zero-order valence-electron chi connectivity index (χ0n) is 11.6. The summed E-state index contributed by atoms with van der Waals surface area (Å²) >= 11 is 3.56.